The van der Waals surface area contributed by atoms with Crippen molar-refractivity contribution in [2.45, 2.75) is 13.1 Å². The summed E-state index contributed by atoms with van der Waals surface area (Å²) in [5.74, 6) is 0.340. The lowest BCUT2D eigenvalue weighted by Gasteiger charge is -2.36. The summed E-state index contributed by atoms with van der Waals surface area (Å²) in [5, 5.41) is 4.17. The van der Waals surface area contributed by atoms with Gasteiger partial charge in [0.2, 0.25) is 0 Å². The number of rotatable bonds is 5. The third kappa shape index (κ3) is 5.47. The number of halogens is 2. The molecule has 4 rings (SSSR count). The van der Waals surface area contributed by atoms with Gasteiger partial charge < -0.3 is 15.5 Å². The molecular formula is C21H25FIN7. The van der Waals surface area contributed by atoms with E-state index in [4.69, 9.17) is 5.73 Å². The fraction of sp³-hybridized carbons (Fsp3) is 0.286. The highest BCUT2D eigenvalue weighted by Crippen LogP contribution is 2.17. The maximum absolute atomic E-state index is 13.1. The molecule has 9 heteroatoms. The molecule has 2 heterocycles. The number of piperazine rings is 1. The first-order valence-corrected chi connectivity index (χ1v) is 9.63. The van der Waals surface area contributed by atoms with Crippen molar-refractivity contribution in [3.63, 3.8) is 0 Å². The number of nitrogens with two attached hydrogens (primary N) is 1. The monoisotopic (exact) mass is 521 g/mol. The topological polar surface area (TPSA) is 75.6 Å². The van der Waals surface area contributed by atoms with Crippen LogP contribution >= 0.6 is 24.0 Å². The molecule has 0 aliphatic carbocycles. The van der Waals surface area contributed by atoms with Crippen LogP contribution in [0.25, 0.3) is 0 Å². The van der Waals surface area contributed by atoms with Crippen molar-refractivity contribution in [2.75, 3.05) is 31.1 Å². The third-order valence-electron chi connectivity index (χ3n) is 5.12. The second kappa shape index (κ2) is 10.4. The van der Waals surface area contributed by atoms with E-state index in [0.29, 0.717) is 19.0 Å². The number of hydrogen-bond donors (Lipinski definition) is 1. The molecule has 1 aliphatic rings. The molecule has 2 N–H and O–H groups in total. The summed E-state index contributed by atoms with van der Waals surface area (Å²) in [7, 11) is 0. The summed E-state index contributed by atoms with van der Waals surface area (Å²) in [6, 6.07) is 14.8. The van der Waals surface area contributed by atoms with Gasteiger partial charge in [0.15, 0.2) is 5.96 Å². The van der Waals surface area contributed by atoms with Crippen LogP contribution in [0.15, 0.2) is 66.2 Å². The number of hydrogen-bond acceptors (Lipinski definition) is 4. The van der Waals surface area contributed by atoms with Crippen LogP contribution in [0.2, 0.25) is 0 Å². The minimum atomic E-state index is -0.215. The second-order valence-corrected chi connectivity index (χ2v) is 6.99. The summed E-state index contributed by atoms with van der Waals surface area (Å²) >= 11 is 0. The fourth-order valence-electron chi connectivity index (χ4n) is 3.47. The van der Waals surface area contributed by atoms with Crippen LogP contribution in [-0.4, -0.2) is 51.8 Å². The van der Waals surface area contributed by atoms with Gasteiger partial charge >= 0.3 is 0 Å². The zero-order valence-electron chi connectivity index (χ0n) is 16.6. The Morgan fingerprint density at radius 2 is 1.70 bits per heavy atom. The highest BCUT2D eigenvalue weighted by molar-refractivity contribution is 14.0. The van der Waals surface area contributed by atoms with E-state index in [0.717, 1.165) is 43.0 Å². The van der Waals surface area contributed by atoms with E-state index in [9.17, 15) is 4.39 Å². The van der Waals surface area contributed by atoms with Gasteiger partial charge in [0.1, 0.15) is 18.5 Å². The van der Waals surface area contributed by atoms with Crippen molar-refractivity contribution in [1.82, 2.24) is 19.7 Å². The molecule has 1 aromatic heterocycles. The number of nitrogens with zero attached hydrogens (tertiary/aromatic N) is 6. The molecular weight excluding hydrogens is 496 g/mol. The largest absolute Gasteiger partial charge is 0.370 e. The quantitative estimate of drug-likeness (QED) is 0.318. The van der Waals surface area contributed by atoms with E-state index in [1.54, 1.807) is 11.0 Å². The molecule has 1 aliphatic heterocycles. The second-order valence-electron chi connectivity index (χ2n) is 6.99. The Hall–Kier alpha value is -2.69. The van der Waals surface area contributed by atoms with Crippen molar-refractivity contribution < 1.29 is 4.39 Å². The first kappa shape index (κ1) is 22.0. The van der Waals surface area contributed by atoms with E-state index in [1.807, 2.05) is 24.3 Å². The number of aromatic nitrogens is 3. The predicted octanol–water partition coefficient (Wildman–Crippen LogP) is 2.72. The number of guanidine groups is 1. The molecule has 1 fully saturated rings. The van der Waals surface area contributed by atoms with Crippen LogP contribution in [0, 0.1) is 5.82 Å². The standard InChI is InChI=1S/C21H24FN7.HI/c22-19-5-7-20(8-6-19)27-9-11-28(12-10-27)21(23)25-13-17-3-1-2-4-18(17)14-29-16-24-15-26-29;/h1-8,15-16H,9-14H2,(H2,23,25);1H. The smallest absolute Gasteiger partial charge is 0.191 e. The summed E-state index contributed by atoms with van der Waals surface area (Å²) in [6.07, 6.45) is 3.24. The predicted molar refractivity (Wildman–Crippen MR) is 126 cm³/mol. The fourth-order valence-corrected chi connectivity index (χ4v) is 3.47. The maximum Gasteiger partial charge on any atom is 0.191 e. The Bertz CT molecular complexity index is 952. The van der Waals surface area contributed by atoms with Crippen LogP contribution in [0.4, 0.5) is 10.1 Å². The van der Waals surface area contributed by atoms with Crippen molar-refractivity contribution >= 4 is 35.6 Å². The van der Waals surface area contributed by atoms with E-state index in [-0.39, 0.29) is 29.8 Å². The van der Waals surface area contributed by atoms with Crippen molar-refractivity contribution in [1.29, 1.82) is 0 Å². The van der Waals surface area contributed by atoms with Gasteiger partial charge in [0, 0.05) is 31.9 Å². The lowest BCUT2D eigenvalue weighted by atomic mass is 10.1. The molecule has 0 bridgehead atoms. The lowest BCUT2D eigenvalue weighted by molar-refractivity contribution is 0.380. The Morgan fingerprint density at radius 3 is 2.37 bits per heavy atom. The number of benzene rings is 2. The molecule has 0 atom stereocenters. The first-order valence-electron chi connectivity index (χ1n) is 9.63. The molecule has 158 valence electrons. The molecule has 0 saturated carbocycles. The molecule has 0 spiro atoms. The third-order valence-corrected chi connectivity index (χ3v) is 5.12. The van der Waals surface area contributed by atoms with Crippen molar-refractivity contribution in [3.05, 3.63) is 78.1 Å². The molecule has 30 heavy (non-hydrogen) atoms. The van der Waals surface area contributed by atoms with Crippen LogP contribution in [0.1, 0.15) is 11.1 Å². The van der Waals surface area contributed by atoms with E-state index < -0.39 is 0 Å². The van der Waals surface area contributed by atoms with Gasteiger partial charge in [0.25, 0.3) is 0 Å². The normalized spacial score (nSPS) is 14.5. The Labute approximate surface area is 192 Å². The summed E-state index contributed by atoms with van der Waals surface area (Å²) < 4.78 is 14.9. The average Bonchev–Trinajstić information content (AvgIpc) is 3.27. The van der Waals surface area contributed by atoms with Crippen LogP contribution in [0.3, 0.4) is 0 Å². The summed E-state index contributed by atoms with van der Waals surface area (Å²) in [6.45, 7) is 4.40. The molecule has 3 aromatic rings. The SMILES string of the molecule is I.NC(=NCc1ccccc1Cn1cncn1)N1CCN(c2ccc(F)cc2)CC1. The molecule has 0 amide bonds. The van der Waals surface area contributed by atoms with Crippen molar-refractivity contribution in [3.8, 4) is 0 Å². The molecule has 0 unspecified atom stereocenters. The zero-order valence-corrected chi connectivity index (χ0v) is 18.9. The minimum absolute atomic E-state index is 0. The summed E-state index contributed by atoms with van der Waals surface area (Å²) in [4.78, 5) is 12.9. The van der Waals surface area contributed by atoms with Gasteiger partial charge in [-0.1, -0.05) is 24.3 Å². The Balaban J connectivity index is 0.00000256. The molecule has 2 aromatic carbocycles. The van der Waals surface area contributed by atoms with Crippen molar-refractivity contribution in [2.24, 2.45) is 10.7 Å². The van der Waals surface area contributed by atoms with Crippen LogP contribution in [-0.2, 0) is 13.1 Å². The summed E-state index contributed by atoms with van der Waals surface area (Å²) in [5.41, 5.74) is 9.57. The molecule has 0 radical (unpaired) electrons. The van der Waals surface area contributed by atoms with Gasteiger partial charge in [0.05, 0.1) is 13.1 Å². The highest BCUT2D eigenvalue weighted by Gasteiger charge is 2.18. The average molecular weight is 521 g/mol. The first-order chi connectivity index (χ1) is 14.2. The maximum atomic E-state index is 13.1. The number of aliphatic imine (C=N–C) groups is 1. The highest BCUT2D eigenvalue weighted by atomic mass is 127. The molecule has 7 nitrogen and oxygen atoms in total. The van der Waals surface area contributed by atoms with E-state index in [1.165, 1.54) is 18.5 Å². The number of anilines is 1. The van der Waals surface area contributed by atoms with Gasteiger partial charge in [-0.3, -0.25) is 0 Å². The lowest BCUT2D eigenvalue weighted by Crippen LogP contribution is -2.51. The van der Waals surface area contributed by atoms with Crippen LogP contribution < -0.4 is 10.6 Å². The van der Waals surface area contributed by atoms with Gasteiger partial charge in [-0.15, -0.1) is 24.0 Å². The molecule has 1 saturated heterocycles. The Morgan fingerprint density at radius 1 is 1.00 bits per heavy atom. The van der Waals surface area contributed by atoms with Crippen LogP contribution in [0.5, 0.6) is 0 Å². The minimum Gasteiger partial charge on any atom is -0.370 e. The van der Waals surface area contributed by atoms with Gasteiger partial charge in [-0.2, -0.15) is 5.10 Å². The van der Waals surface area contributed by atoms with E-state index in [2.05, 4.69) is 37.0 Å². The van der Waals surface area contributed by atoms with Gasteiger partial charge in [-0.05, 0) is 35.4 Å². The van der Waals surface area contributed by atoms with E-state index >= 15 is 0 Å². The Kier molecular flexibility index (Phi) is 7.61. The zero-order chi connectivity index (χ0) is 20.1. The van der Waals surface area contributed by atoms with Gasteiger partial charge in [-0.25, -0.2) is 19.0 Å².